The molecule has 2 aliphatic rings. The van der Waals surface area contributed by atoms with Gasteiger partial charge in [-0.15, -0.1) is 0 Å². The number of ether oxygens (including phenoxy) is 2. The summed E-state index contributed by atoms with van der Waals surface area (Å²) in [5.74, 6) is 3.12. The molecule has 1 aliphatic carbocycles. The standard InChI is InChI=1S/C27H29N5O3/c1-18-17-32(27(33)31-25-15-28-16-26(30-25)34-2)11-10-21(18)12-19-4-3-5-22(13-19)35-23-8-9-24(29-14-23)20-6-7-20/h3-5,8-9,12-16,18,20H,6-7,10-11,17H2,1-2H3,(H,30,31,33). The lowest BCUT2D eigenvalue weighted by molar-refractivity contribution is 0.197. The highest BCUT2D eigenvalue weighted by Gasteiger charge is 2.25. The molecule has 35 heavy (non-hydrogen) atoms. The number of pyridine rings is 1. The quantitative estimate of drug-likeness (QED) is 0.510. The Kier molecular flexibility index (Phi) is 6.61. The Bertz CT molecular complexity index is 1220. The number of aromatic nitrogens is 3. The van der Waals surface area contributed by atoms with Crippen molar-refractivity contribution in [3.8, 4) is 17.4 Å². The van der Waals surface area contributed by atoms with Gasteiger partial charge in [-0.25, -0.2) is 4.79 Å². The zero-order valence-corrected chi connectivity index (χ0v) is 20.0. The van der Waals surface area contributed by atoms with Gasteiger partial charge in [0.25, 0.3) is 0 Å². The Hall–Kier alpha value is -3.94. The van der Waals surface area contributed by atoms with Gasteiger partial charge in [0.15, 0.2) is 5.82 Å². The van der Waals surface area contributed by atoms with Gasteiger partial charge in [0, 0.05) is 24.7 Å². The topological polar surface area (TPSA) is 89.5 Å². The number of anilines is 1. The van der Waals surface area contributed by atoms with Gasteiger partial charge >= 0.3 is 6.03 Å². The predicted molar refractivity (Wildman–Crippen MR) is 134 cm³/mol. The Morgan fingerprint density at radius 3 is 2.77 bits per heavy atom. The number of piperidine rings is 1. The maximum atomic E-state index is 12.7. The maximum absolute atomic E-state index is 12.7. The second-order valence-corrected chi connectivity index (χ2v) is 9.06. The smallest absolute Gasteiger partial charge is 0.323 e. The highest BCUT2D eigenvalue weighted by Crippen LogP contribution is 2.39. The first-order chi connectivity index (χ1) is 17.1. The minimum atomic E-state index is -0.185. The number of carbonyl (C=O) groups excluding carboxylic acids is 1. The Balaban J connectivity index is 1.20. The van der Waals surface area contributed by atoms with Gasteiger partial charge in [-0.1, -0.05) is 30.7 Å². The number of nitrogens with one attached hydrogen (secondary N) is 1. The van der Waals surface area contributed by atoms with E-state index in [1.807, 2.05) is 24.3 Å². The third-order valence-electron chi connectivity index (χ3n) is 6.34. The zero-order valence-electron chi connectivity index (χ0n) is 20.0. The van der Waals surface area contributed by atoms with Crippen LogP contribution in [-0.4, -0.2) is 46.1 Å². The molecule has 3 aromatic rings. The van der Waals surface area contributed by atoms with E-state index in [0.717, 1.165) is 29.2 Å². The van der Waals surface area contributed by atoms with E-state index in [-0.39, 0.29) is 11.9 Å². The van der Waals surface area contributed by atoms with Crippen LogP contribution in [0.5, 0.6) is 17.4 Å². The van der Waals surface area contributed by atoms with Crippen molar-refractivity contribution >= 4 is 17.9 Å². The van der Waals surface area contributed by atoms with Crippen molar-refractivity contribution in [2.24, 2.45) is 5.92 Å². The molecule has 1 N–H and O–H groups in total. The molecule has 180 valence electrons. The molecule has 5 rings (SSSR count). The molecule has 2 aromatic heterocycles. The zero-order chi connectivity index (χ0) is 24.2. The maximum Gasteiger partial charge on any atom is 0.323 e. The van der Waals surface area contributed by atoms with E-state index in [9.17, 15) is 4.79 Å². The summed E-state index contributed by atoms with van der Waals surface area (Å²) in [6, 6.07) is 11.9. The van der Waals surface area contributed by atoms with E-state index < -0.39 is 0 Å². The molecule has 2 amide bonds. The van der Waals surface area contributed by atoms with E-state index in [1.165, 1.54) is 37.9 Å². The number of hydrogen-bond donors (Lipinski definition) is 1. The lowest BCUT2D eigenvalue weighted by Gasteiger charge is -2.33. The molecule has 0 spiro atoms. The van der Waals surface area contributed by atoms with Crippen LogP contribution in [0.25, 0.3) is 6.08 Å². The summed E-state index contributed by atoms with van der Waals surface area (Å²) >= 11 is 0. The lowest BCUT2D eigenvalue weighted by Crippen LogP contribution is -2.42. The highest BCUT2D eigenvalue weighted by molar-refractivity contribution is 5.88. The molecule has 1 aromatic carbocycles. The Labute approximate surface area is 205 Å². The minimum absolute atomic E-state index is 0.185. The van der Waals surface area contributed by atoms with E-state index in [1.54, 1.807) is 11.1 Å². The summed E-state index contributed by atoms with van der Waals surface area (Å²) in [4.78, 5) is 27.3. The number of benzene rings is 1. The van der Waals surface area contributed by atoms with Gasteiger partial charge in [-0.3, -0.25) is 15.3 Å². The van der Waals surface area contributed by atoms with Gasteiger partial charge in [0.05, 0.1) is 25.7 Å². The molecule has 1 saturated carbocycles. The van der Waals surface area contributed by atoms with E-state index in [4.69, 9.17) is 9.47 Å². The highest BCUT2D eigenvalue weighted by atomic mass is 16.5. The van der Waals surface area contributed by atoms with Crippen molar-refractivity contribution in [1.82, 2.24) is 19.9 Å². The third kappa shape index (κ3) is 5.77. The van der Waals surface area contributed by atoms with Crippen LogP contribution in [0.1, 0.15) is 43.4 Å². The largest absolute Gasteiger partial charge is 0.480 e. The molecular weight excluding hydrogens is 442 g/mol. The van der Waals surface area contributed by atoms with Crippen molar-refractivity contribution in [1.29, 1.82) is 0 Å². The van der Waals surface area contributed by atoms with Gasteiger partial charge in [-0.2, -0.15) is 4.98 Å². The molecule has 8 heteroatoms. The van der Waals surface area contributed by atoms with E-state index in [2.05, 4.69) is 45.4 Å². The van der Waals surface area contributed by atoms with Gasteiger partial charge < -0.3 is 14.4 Å². The van der Waals surface area contributed by atoms with Crippen molar-refractivity contribution in [3.05, 3.63) is 71.8 Å². The van der Waals surface area contributed by atoms with Crippen molar-refractivity contribution in [2.45, 2.75) is 32.1 Å². The summed E-state index contributed by atoms with van der Waals surface area (Å²) in [7, 11) is 1.51. The fourth-order valence-corrected chi connectivity index (χ4v) is 4.23. The van der Waals surface area contributed by atoms with E-state index >= 15 is 0 Å². The van der Waals surface area contributed by atoms with Crippen LogP contribution in [0.2, 0.25) is 0 Å². The minimum Gasteiger partial charge on any atom is -0.480 e. The number of methoxy groups -OCH3 is 1. The SMILES string of the molecule is COc1cncc(NC(=O)N2CCC(=Cc3cccc(Oc4ccc(C5CC5)nc4)c3)C(C)C2)n1. The summed E-state index contributed by atoms with van der Waals surface area (Å²) in [6.07, 6.45) is 10.3. The first-order valence-electron chi connectivity index (χ1n) is 11.9. The fraction of sp³-hybridized carbons (Fsp3) is 0.333. The molecule has 1 aliphatic heterocycles. The Morgan fingerprint density at radius 2 is 2.03 bits per heavy atom. The monoisotopic (exact) mass is 471 g/mol. The second-order valence-electron chi connectivity index (χ2n) is 9.06. The van der Waals surface area contributed by atoms with Crippen molar-refractivity contribution < 1.29 is 14.3 Å². The Morgan fingerprint density at radius 1 is 1.14 bits per heavy atom. The molecular formula is C27H29N5O3. The second kappa shape index (κ2) is 10.1. The summed E-state index contributed by atoms with van der Waals surface area (Å²) in [5.41, 5.74) is 3.54. The number of amides is 2. The van der Waals surface area contributed by atoms with Crippen LogP contribution in [0.15, 0.2) is 60.6 Å². The predicted octanol–water partition coefficient (Wildman–Crippen LogP) is 5.51. The van der Waals surface area contributed by atoms with Crippen LogP contribution >= 0.6 is 0 Å². The van der Waals surface area contributed by atoms with Gasteiger partial charge in [-0.05, 0) is 55.0 Å². The fourth-order valence-electron chi connectivity index (χ4n) is 4.23. The van der Waals surface area contributed by atoms with Gasteiger partial charge in [0.2, 0.25) is 5.88 Å². The molecule has 3 heterocycles. The number of nitrogens with zero attached hydrogens (tertiary/aromatic N) is 4. The average molecular weight is 472 g/mol. The normalized spacial score (nSPS) is 18.9. The van der Waals surface area contributed by atoms with Crippen LogP contribution in [0.3, 0.4) is 0 Å². The number of hydrogen-bond acceptors (Lipinski definition) is 6. The van der Waals surface area contributed by atoms with Crippen LogP contribution in [0.4, 0.5) is 10.6 Å². The molecule has 1 atom stereocenters. The summed E-state index contributed by atoms with van der Waals surface area (Å²) in [6.45, 7) is 3.41. The number of urea groups is 1. The number of carbonyl (C=O) groups is 1. The van der Waals surface area contributed by atoms with E-state index in [0.29, 0.717) is 30.7 Å². The van der Waals surface area contributed by atoms with Crippen LogP contribution in [-0.2, 0) is 0 Å². The first kappa shape index (κ1) is 22.8. The summed E-state index contributed by atoms with van der Waals surface area (Å²) < 4.78 is 11.1. The molecule has 1 saturated heterocycles. The van der Waals surface area contributed by atoms with Crippen molar-refractivity contribution in [2.75, 3.05) is 25.5 Å². The number of likely N-dealkylation sites (tertiary alicyclic amines) is 1. The molecule has 2 fully saturated rings. The van der Waals surface area contributed by atoms with Gasteiger partial charge in [0.1, 0.15) is 11.5 Å². The number of rotatable bonds is 6. The molecule has 0 radical (unpaired) electrons. The average Bonchev–Trinajstić information content (AvgIpc) is 3.72. The first-order valence-corrected chi connectivity index (χ1v) is 11.9. The van der Waals surface area contributed by atoms with Crippen LogP contribution < -0.4 is 14.8 Å². The molecule has 0 bridgehead atoms. The lowest BCUT2D eigenvalue weighted by atomic mass is 9.91. The third-order valence-corrected chi connectivity index (χ3v) is 6.34. The molecule has 8 nitrogen and oxygen atoms in total. The van der Waals surface area contributed by atoms with Crippen LogP contribution in [0, 0.1) is 5.92 Å². The van der Waals surface area contributed by atoms with Crippen molar-refractivity contribution in [3.63, 3.8) is 0 Å². The molecule has 1 unspecified atom stereocenters. The summed E-state index contributed by atoms with van der Waals surface area (Å²) in [5, 5.41) is 2.81.